The average Bonchev–Trinajstić information content (AvgIpc) is 3.04. The molecule has 0 aliphatic heterocycles. The van der Waals surface area contributed by atoms with Gasteiger partial charge in [-0.3, -0.25) is 9.59 Å². The quantitative estimate of drug-likeness (QED) is 0.606. The van der Waals surface area contributed by atoms with Crippen LogP contribution < -0.4 is 5.32 Å². The largest absolute Gasteiger partial charge is 0.348 e. The maximum absolute atomic E-state index is 12.3. The molecule has 5 nitrogen and oxygen atoms in total. The number of carbonyl (C=O) groups is 2. The molecule has 3 rings (SSSR count). The number of aromatic nitrogens is 1. The standard InChI is InChI=1S/C26H29N3O2/c1-18-6-13-24(14-7-18)29-19(2)16-23(20(29)3)12-15-25(30)27-17-21-8-10-22(11-9-21)26(31)28(4)5/h6-16H,17H2,1-5H3,(H,27,30)/b15-12+. The molecule has 2 amide bonds. The highest BCUT2D eigenvalue weighted by atomic mass is 16.2. The van der Waals surface area contributed by atoms with E-state index < -0.39 is 0 Å². The van der Waals surface area contributed by atoms with Crippen LogP contribution in [0.4, 0.5) is 0 Å². The molecule has 1 aromatic heterocycles. The van der Waals surface area contributed by atoms with Gasteiger partial charge in [0.25, 0.3) is 5.91 Å². The Morgan fingerprint density at radius 3 is 2.23 bits per heavy atom. The van der Waals surface area contributed by atoms with Crippen LogP contribution in [0.25, 0.3) is 11.8 Å². The zero-order valence-corrected chi connectivity index (χ0v) is 18.8. The Hall–Kier alpha value is -3.60. The number of hydrogen-bond acceptors (Lipinski definition) is 2. The van der Waals surface area contributed by atoms with Crippen LogP contribution >= 0.6 is 0 Å². The molecule has 5 heteroatoms. The molecule has 3 aromatic rings. The zero-order valence-electron chi connectivity index (χ0n) is 18.8. The van der Waals surface area contributed by atoms with Crippen LogP contribution in [0.1, 0.15) is 38.4 Å². The van der Waals surface area contributed by atoms with Gasteiger partial charge in [0.2, 0.25) is 5.91 Å². The molecule has 0 fully saturated rings. The molecule has 0 radical (unpaired) electrons. The fourth-order valence-electron chi connectivity index (χ4n) is 3.48. The van der Waals surface area contributed by atoms with E-state index in [9.17, 15) is 9.59 Å². The third kappa shape index (κ3) is 5.31. The van der Waals surface area contributed by atoms with Crippen molar-refractivity contribution in [3.63, 3.8) is 0 Å². The van der Waals surface area contributed by atoms with Crippen molar-refractivity contribution in [1.29, 1.82) is 0 Å². The summed E-state index contributed by atoms with van der Waals surface area (Å²) in [4.78, 5) is 25.8. The number of nitrogens with one attached hydrogen (secondary N) is 1. The normalized spacial score (nSPS) is 11.0. The first-order valence-corrected chi connectivity index (χ1v) is 10.3. The third-order valence-electron chi connectivity index (χ3n) is 5.25. The molecular weight excluding hydrogens is 386 g/mol. The molecule has 31 heavy (non-hydrogen) atoms. The molecule has 0 bridgehead atoms. The van der Waals surface area contributed by atoms with Crippen molar-refractivity contribution in [3.05, 3.63) is 94.3 Å². The van der Waals surface area contributed by atoms with E-state index in [1.807, 2.05) is 18.2 Å². The highest BCUT2D eigenvalue weighted by Gasteiger charge is 2.10. The van der Waals surface area contributed by atoms with Crippen molar-refractivity contribution < 1.29 is 9.59 Å². The number of amides is 2. The van der Waals surface area contributed by atoms with Gasteiger partial charge in [0.15, 0.2) is 0 Å². The summed E-state index contributed by atoms with van der Waals surface area (Å²) >= 11 is 0. The lowest BCUT2D eigenvalue weighted by molar-refractivity contribution is -0.116. The number of hydrogen-bond donors (Lipinski definition) is 1. The van der Waals surface area contributed by atoms with E-state index in [1.165, 1.54) is 10.5 Å². The molecule has 0 spiro atoms. The van der Waals surface area contributed by atoms with Crippen molar-refractivity contribution in [2.45, 2.75) is 27.3 Å². The molecule has 0 aliphatic rings. The zero-order chi connectivity index (χ0) is 22.5. The summed E-state index contributed by atoms with van der Waals surface area (Å²) in [5, 5.41) is 2.89. The van der Waals surface area contributed by atoms with E-state index in [1.54, 1.807) is 32.3 Å². The van der Waals surface area contributed by atoms with Crippen molar-refractivity contribution in [1.82, 2.24) is 14.8 Å². The van der Waals surface area contributed by atoms with E-state index in [4.69, 9.17) is 0 Å². The molecule has 0 saturated heterocycles. The maximum atomic E-state index is 12.3. The molecule has 2 aromatic carbocycles. The smallest absolute Gasteiger partial charge is 0.253 e. The highest BCUT2D eigenvalue weighted by molar-refractivity contribution is 5.94. The van der Waals surface area contributed by atoms with Crippen LogP contribution in [0.3, 0.4) is 0 Å². The van der Waals surface area contributed by atoms with Gasteiger partial charge in [-0.05, 0) is 68.3 Å². The first-order valence-electron chi connectivity index (χ1n) is 10.3. The van der Waals surface area contributed by atoms with E-state index >= 15 is 0 Å². The van der Waals surface area contributed by atoms with Gasteiger partial charge in [0.05, 0.1) is 0 Å². The Bertz CT molecular complexity index is 1100. The second-order valence-electron chi connectivity index (χ2n) is 7.95. The van der Waals surface area contributed by atoms with Crippen molar-refractivity contribution >= 4 is 17.9 Å². The minimum atomic E-state index is -0.159. The molecule has 160 valence electrons. The maximum Gasteiger partial charge on any atom is 0.253 e. The Labute approximate surface area is 184 Å². The van der Waals surface area contributed by atoms with Crippen LogP contribution in [0.2, 0.25) is 0 Å². The van der Waals surface area contributed by atoms with Gasteiger partial charge in [-0.1, -0.05) is 29.8 Å². The minimum Gasteiger partial charge on any atom is -0.348 e. The summed E-state index contributed by atoms with van der Waals surface area (Å²) in [6.07, 6.45) is 3.41. The van der Waals surface area contributed by atoms with Crippen LogP contribution in [-0.2, 0) is 11.3 Å². The molecule has 0 aliphatic carbocycles. The number of nitrogens with zero attached hydrogens (tertiary/aromatic N) is 2. The second-order valence-corrected chi connectivity index (χ2v) is 7.95. The van der Waals surface area contributed by atoms with Crippen LogP contribution in [0.5, 0.6) is 0 Å². The molecular formula is C26H29N3O2. The number of carbonyl (C=O) groups excluding carboxylic acids is 2. The summed E-state index contributed by atoms with van der Waals surface area (Å²) in [7, 11) is 3.45. The van der Waals surface area contributed by atoms with Crippen molar-refractivity contribution in [2.24, 2.45) is 0 Å². The van der Waals surface area contributed by atoms with Crippen LogP contribution in [0.15, 0.2) is 60.7 Å². The third-order valence-corrected chi connectivity index (χ3v) is 5.25. The lowest BCUT2D eigenvalue weighted by Crippen LogP contribution is -2.22. The number of aryl methyl sites for hydroxylation is 2. The molecule has 1 N–H and O–H groups in total. The van der Waals surface area contributed by atoms with Gasteiger partial charge in [0, 0.05) is 49.4 Å². The molecule has 0 atom stereocenters. The van der Waals surface area contributed by atoms with Gasteiger partial charge in [-0.25, -0.2) is 0 Å². The van der Waals surface area contributed by atoms with Crippen molar-refractivity contribution in [2.75, 3.05) is 14.1 Å². The lowest BCUT2D eigenvalue weighted by Gasteiger charge is -2.10. The summed E-state index contributed by atoms with van der Waals surface area (Å²) in [6, 6.07) is 17.8. The Morgan fingerprint density at radius 1 is 0.968 bits per heavy atom. The first kappa shape index (κ1) is 22.1. The van der Waals surface area contributed by atoms with Gasteiger partial charge < -0.3 is 14.8 Å². The van der Waals surface area contributed by atoms with E-state index in [0.717, 1.165) is 28.2 Å². The highest BCUT2D eigenvalue weighted by Crippen LogP contribution is 2.22. The van der Waals surface area contributed by atoms with Gasteiger partial charge >= 0.3 is 0 Å². The summed E-state index contributed by atoms with van der Waals surface area (Å²) in [5.41, 5.74) is 7.13. The van der Waals surface area contributed by atoms with E-state index in [-0.39, 0.29) is 11.8 Å². The fraction of sp³-hybridized carbons (Fsp3) is 0.231. The van der Waals surface area contributed by atoms with Gasteiger partial charge in [-0.15, -0.1) is 0 Å². The Kier molecular flexibility index (Phi) is 6.75. The van der Waals surface area contributed by atoms with Gasteiger partial charge in [-0.2, -0.15) is 0 Å². The van der Waals surface area contributed by atoms with Gasteiger partial charge in [0.1, 0.15) is 0 Å². The summed E-state index contributed by atoms with van der Waals surface area (Å²) in [6.45, 7) is 6.60. The molecule has 0 unspecified atom stereocenters. The second kappa shape index (κ2) is 9.47. The van der Waals surface area contributed by atoms with Crippen LogP contribution in [0, 0.1) is 20.8 Å². The molecule has 1 heterocycles. The number of rotatable bonds is 6. The average molecular weight is 416 g/mol. The Morgan fingerprint density at radius 2 is 1.61 bits per heavy atom. The fourth-order valence-corrected chi connectivity index (χ4v) is 3.48. The first-order chi connectivity index (χ1) is 14.8. The lowest BCUT2D eigenvalue weighted by atomic mass is 10.1. The monoisotopic (exact) mass is 415 g/mol. The SMILES string of the molecule is Cc1ccc(-n2c(C)cc(/C=C/C(=O)NCc3ccc(C(=O)N(C)C)cc3)c2C)cc1. The Balaban J connectivity index is 1.63. The minimum absolute atomic E-state index is 0.0400. The predicted octanol–water partition coefficient (Wildman–Crippen LogP) is 4.43. The topological polar surface area (TPSA) is 54.3 Å². The summed E-state index contributed by atoms with van der Waals surface area (Å²) < 4.78 is 2.19. The molecule has 0 saturated carbocycles. The number of benzene rings is 2. The van der Waals surface area contributed by atoms with E-state index in [2.05, 4.69) is 61.0 Å². The summed E-state index contributed by atoms with van der Waals surface area (Å²) in [5.74, 6) is -0.199. The van der Waals surface area contributed by atoms with Crippen LogP contribution in [-0.4, -0.2) is 35.4 Å². The predicted molar refractivity (Wildman–Crippen MR) is 125 cm³/mol. The van der Waals surface area contributed by atoms with Crippen molar-refractivity contribution in [3.8, 4) is 5.69 Å². The van der Waals surface area contributed by atoms with E-state index in [0.29, 0.717) is 12.1 Å².